The van der Waals surface area contributed by atoms with Gasteiger partial charge in [0.05, 0.1) is 22.4 Å². The molecule has 2 aliphatic rings. The van der Waals surface area contributed by atoms with Crippen LogP contribution in [0.15, 0.2) is 24.4 Å². The molecule has 1 fully saturated rings. The lowest BCUT2D eigenvalue weighted by Gasteiger charge is -2.30. The molecule has 0 unspecified atom stereocenters. The summed E-state index contributed by atoms with van der Waals surface area (Å²) in [5.41, 5.74) is -0.483. The minimum atomic E-state index is -3.31. The molecule has 12 heteroatoms. The maximum atomic E-state index is 15.6. The smallest absolute Gasteiger partial charge is 0.269 e. The zero-order valence-corrected chi connectivity index (χ0v) is 20.1. The Kier molecular flexibility index (Phi) is 5.87. The second kappa shape index (κ2) is 8.26. The van der Waals surface area contributed by atoms with Crippen LogP contribution in [-0.4, -0.2) is 59.1 Å². The number of amides is 1. The maximum absolute atomic E-state index is 15.6. The largest absolute Gasteiger partial charge is 0.396 e. The van der Waals surface area contributed by atoms with Crippen molar-refractivity contribution in [3.8, 4) is 0 Å². The first kappa shape index (κ1) is 23.5. The topological polar surface area (TPSA) is 124 Å². The van der Waals surface area contributed by atoms with Crippen molar-refractivity contribution in [1.82, 2.24) is 15.0 Å². The van der Waals surface area contributed by atoms with Crippen LogP contribution in [0.25, 0.3) is 0 Å². The van der Waals surface area contributed by atoms with Gasteiger partial charge >= 0.3 is 0 Å². The first-order valence-corrected chi connectivity index (χ1v) is 13.9. The maximum Gasteiger partial charge on any atom is 0.269 e. The number of aliphatic hydroxyl groups excluding tert-OH is 1. The van der Waals surface area contributed by atoms with Gasteiger partial charge in [-0.1, -0.05) is 12.1 Å². The molecule has 0 radical (unpaired) electrons. The molecule has 1 spiro atoms. The lowest BCUT2D eigenvalue weighted by Crippen LogP contribution is -2.44. The second-order valence-corrected chi connectivity index (χ2v) is 13.1. The lowest BCUT2D eigenvalue weighted by molar-refractivity contribution is -0.385. The number of nitrogens with zero attached hydrogens (tertiary/aromatic N) is 5. The van der Waals surface area contributed by atoms with E-state index in [4.69, 9.17) is 9.84 Å². The van der Waals surface area contributed by atoms with E-state index in [1.807, 2.05) is 6.92 Å². The third-order valence-electron chi connectivity index (χ3n) is 6.88. The van der Waals surface area contributed by atoms with Crippen LogP contribution >= 0.6 is 0 Å². The molecule has 4 rings (SSSR count). The summed E-state index contributed by atoms with van der Waals surface area (Å²) in [4.78, 5) is 25.9. The third kappa shape index (κ3) is 3.75. The van der Waals surface area contributed by atoms with Crippen LogP contribution < -0.4 is 4.90 Å². The molecule has 33 heavy (non-hydrogen) atoms. The average Bonchev–Trinajstić information content (AvgIpc) is 3.38. The molecular formula is C21H28FN5O5Si. The Morgan fingerprint density at radius 1 is 1.39 bits per heavy atom. The zero-order valence-electron chi connectivity index (χ0n) is 19.1. The number of nitro benzene ring substituents is 1. The molecule has 10 nitrogen and oxygen atoms in total. The van der Waals surface area contributed by atoms with Crippen molar-refractivity contribution in [2.75, 3.05) is 18.6 Å². The van der Waals surface area contributed by atoms with Gasteiger partial charge in [0, 0.05) is 62.0 Å². The zero-order chi connectivity index (χ0) is 24.1. The molecular weight excluding hydrogens is 449 g/mol. The number of likely N-dealkylation sites (N-methyl/N-ethyl adjacent to an activating group) is 1. The molecule has 0 saturated carbocycles. The summed E-state index contributed by atoms with van der Waals surface area (Å²) in [6, 6.07) is 4.30. The predicted octanol–water partition coefficient (Wildman–Crippen LogP) is 2.56. The normalized spacial score (nSPS) is 26.9. The number of hydrogen-bond acceptors (Lipinski definition) is 7. The van der Waals surface area contributed by atoms with Crippen molar-refractivity contribution in [2.24, 2.45) is 5.92 Å². The van der Waals surface area contributed by atoms with Crippen molar-refractivity contribution in [2.45, 2.75) is 56.7 Å². The van der Waals surface area contributed by atoms with Gasteiger partial charge in [0.2, 0.25) is 8.41 Å². The summed E-state index contributed by atoms with van der Waals surface area (Å²) in [5, 5.41) is 28.6. The molecule has 1 N–H and O–H groups in total. The Balaban J connectivity index is 1.71. The number of aliphatic hydroxyl groups is 1. The van der Waals surface area contributed by atoms with Gasteiger partial charge in [0.1, 0.15) is 0 Å². The highest BCUT2D eigenvalue weighted by Gasteiger charge is 2.66. The number of aryl methyl sites for hydroxylation is 1. The van der Waals surface area contributed by atoms with Crippen LogP contribution in [-0.2, 0) is 28.1 Å². The van der Waals surface area contributed by atoms with Crippen molar-refractivity contribution < 1.29 is 23.7 Å². The highest BCUT2D eigenvalue weighted by molar-refractivity contribution is 6.72. The van der Waals surface area contributed by atoms with Crippen LogP contribution in [0.4, 0.5) is 15.5 Å². The Hall–Kier alpha value is -2.70. The van der Waals surface area contributed by atoms with E-state index < -0.39 is 36.5 Å². The summed E-state index contributed by atoms with van der Waals surface area (Å²) in [6.45, 7) is 5.40. The molecule has 4 atom stereocenters. The Morgan fingerprint density at radius 2 is 2.12 bits per heavy atom. The number of benzene rings is 1. The standard InChI is InChI=1S/C21H28FN5O5Si/c1-13-19(33(3,4)22)18(7-9-26-12-14(8-10-28)23-24-26)32-21(13)16-11-15(27(30)31)5-6-17(16)25(2)20(21)29/h5-6,11-13,18-19,28H,7-10H2,1-4H3/t13-,18+,19-,21+/m1/s1. The number of non-ortho nitro benzene ring substituents is 1. The Morgan fingerprint density at radius 3 is 2.76 bits per heavy atom. The lowest BCUT2D eigenvalue weighted by atomic mass is 9.82. The van der Waals surface area contributed by atoms with Crippen molar-refractivity contribution >= 4 is 25.7 Å². The van der Waals surface area contributed by atoms with E-state index in [0.717, 1.165) is 0 Å². The second-order valence-electron chi connectivity index (χ2n) is 9.33. The number of aromatic nitrogens is 3. The fourth-order valence-corrected chi connectivity index (χ4v) is 8.00. The van der Waals surface area contributed by atoms with Gasteiger partial charge < -0.3 is 18.9 Å². The van der Waals surface area contributed by atoms with Gasteiger partial charge in [-0.25, -0.2) is 0 Å². The van der Waals surface area contributed by atoms with Gasteiger partial charge in [-0.2, -0.15) is 0 Å². The van der Waals surface area contributed by atoms with Crippen LogP contribution in [0.1, 0.15) is 24.6 Å². The summed E-state index contributed by atoms with van der Waals surface area (Å²) < 4.78 is 23.7. The highest BCUT2D eigenvalue weighted by atomic mass is 28.4. The first-order chi connectivity index (χ1) is 15.5. The molecule has 1 aromatic heterocycles. The monoisotopic (exact) mass is 477 g/mol. The van der Waals surface area contributed by atoms with Crippen molar-refractivity contribution in [3.63, 3.8) is 0 Å². The molecule has 1 aromatic carbocycles. The molecule has 0 bridgehead atoms. The summed E-state index contributed by atoms with van der Waals surface area (Å²) in [6.07, 6.45) is 1.95. The summed E-state index contributed by atoms with van der Waals surface area (Å²) in [5.74, 6) is -0.838. The Bertz CT molecular complexity index is 1090. The van der Waals surface area contributed by atoms with Gasteiger partial charge in [-0.05, 0) is 25.6 Å². The van der Waals surface area contributed by atoms with Crippen LogP contribution in [0, 0.1) is 16.0 Å². The van der Waals surface area contributed by atoms with Gasteiger partial charge in [0.25, 0.3) is 11.6 Å². The minimum Gasteiger partial charge on any atom is -0.396 e. The number of nitro groups is 1. The van der Waals surface area contributed by atoms with E-state index >= 15 is 4.11 Å². The van der Waals surface area contributed by atoms with Gasteiger partial charge in [-0.3, -0.25) is 19.6 Å². The Labute approximate surface area is 191 Å². The van der Waals surface area contributed by atoms with Crippen LogP contribution in [0.3, 0.4) is 0 Å². The number of halogens is 1. The number of rotatable bonds is 7. The van der Waals surface area contributed by atoms with E-state index in [2.05, 4.69) is 10.3 Å². The molecule has 1 amide bonds. The first-order valence-electron chi connectivity index (χ1n) is 10.9. The molecule has 3 heterocycles. The van der Waals surface area contributed by atoms with Gasteiger partial charge in [-0.15, -0.1) is 5.10 Å². The molecule has 178 valence electrons. The van der Waals surface area contributed by atoms with Gasteiger partial charge in [0.15, 0.2) is 5.60 Å². The fourth-order valence-electron chi connectivity index (χ4n) is 5.46. The number of ether oxygens (including phenoxy) is 1. The van der Waals surface area contributed by atoms with Crippen molar-refractivity contribution in [3.05, 3.63) is 45.8 Å². The number of carbonyl (C=O) groups is 1. The highest BCUT2D eigenvalue weighted by Crippen LogP contribution is 2.60. The van der Waals surface area contributed by atoms with Crippen LogP contribution in [0.2, 0.25) is 18.6 Å². The average molecular weight is 478 g/mol. The number of hydrogen-bond donors (Lipinski definition) is 1. The van der Waals surface area contributed by atoms with E-state index in [1.54, 1.807) is 37.1 Å². The number of carbonyl (C=O) groups excluding carboxylic acids is 1. The van der Waals surface area contributed by atoms with Crippen LogP contribution in [0.5, 0.6) is 0 Å². The van der Waals surface area contributed by atoms with E-state index in [9.17, 15) is 14.9 Å². The molecule has 0 aliphatic carbocycles. The minimum absolute atomic E-state index is 0.0324. The van der Waals surface area contributed by atoms with E-state index in [1.165, 1.54) is 17.0 Å². The quantitative estimate of drug-likeness (QED) is 0.281. The fraction of sp³-hybridized carbons (Fsp3) is 0.571. The summed E-state index contributed by atoms with van der Waals surface area (Å²) >= 11 is 0. The van der Waals surface area contributed by atoms with Crippen molar-refractivity contribution in [1.29, 1.82) is 0 Å². The SMILES string of the molecule is C[C@@H]1[C@@H]([Si](C)(C)F)[C@H](CCn2cc(CCO)nn2)O[C@@]12C(=O)N(C)c1ccc([N+](=O)[O-])cc12. The predicted molar refractivity (Wildman–Crippen MR) is 120 cm³/mol. The summed E-state index contributed by atoms with van der Waals surface area (Å²) in [7, 11) is -1.70. The third-order valence-corrected chi connectivity index (χ3v) is 9.34. The molecule has 1 saturated heterocycles. The molecule has 2 aliphatic heterocycles. The number of anilines is 1. The molecule has 2 aromatic rings. The van der Waals surface area contributed by atoms with E-state index in [0.29, 0.717) is 36.3 Å². The van der Waals surface area contributed by atoms with E-state index in [-0.39, 0.29) is 18.2 Å². The number of fused-ring (bicyclic) bond motifs is 2.